The molecule has 144 valence electrons. The molecule has 0 aromatic heterocycles. The molecule has 0 amide bonds. The van der Waals surface area contributed by atoms with Crippen LogP contribution in [0.5, 0.6) is 11.5 Å². The Labute approximate surface area is 162 Å². The van der Waals surface area contributed by atoms with Crippen LogP contribution < -0.4 is 4.74 Å². The van der Waals surface area contributed by atoms with E-state index >= 15 is 0 Å². The fourth-order valence-electron chi connectivity index (χ4n) is 4.22. The summed E-state index contributed by atoms with van der Waals surface area (Å²) >= 11 is 0. The van der Waals surface area contributed by atoms with Crippen molar-refractivity contribution in [3.63, 3.8) is 0 Å². The van der Waals surface area contributed by atoms with E-state index < -0.39 is 0 Å². The molecular formula is C24H30O3. The molecule has 2 aromatic rings. The van der Waals surface area contributed by atoms with Crippen molar-refractivity contribution in [3.05, 3.63) is 59.7 Å². The second-order valence-electron chi connectivity index (χ2n) is 7.65. The van der Waals surface area contributed by atoms with E-state index in [0.29, 0.717) is 17.9 Å². The predicted molar refractivity (Wildman–Crippen MR) is 108 cm³/mol. The van der Waals surface area contributed by atoms with E-state index in [4.69, 9.17) is 4.74 Å². The average Bonchev–Trinajstić information content (AvgIpc) is 2.70. The van der Waals surface area contributed by atoms with Gasteiger partial charge in [-0.15, -0.1) is 0 Å². The van der Waals surface area contributed by atoms with Crippen molar-refractivity contribution in [2.45, 2.75) is 70.1 Å². The molecule has 0 bridgehead atoms. The van der Waals surface area contributed by atoms with Crippen LogP contribution in [-0.2, 0) is 10.2 Å². The molecule has 0 aliphatic heterocycles. The molecule has 0 atom stereocenters. The highest BCUT2D eigenvalue weighted by atomic mass is 16.5. The lowest BCUT2D eigenvalue weighted by Crippen LogP contribution is -2.30. The van der Waals surface area contributed by atoms with E-state index in [1.807, 2.05) is 24.3 Å². The van der Waals surface area contributed by atoms with Crippen molar-refractivity contribution in [2.75, 3.05) is 0 Å². The van der Waals surface area contributed by atoms with Crippen molar-refractivity contribution in [2.24, 2.45) is 0 Å². The number of hydrogen-bond acceptors (Lipinski definition) is 3. The van der Waals surface area contributed by atoms with Crippen LogP contribution in [0.4, 0.5) is 0 Å². The van der Waals surface area contributed by atoms with Crippen LogP contribution in [0.2, 0.25) is 0 Å². The average molecular weight is 367 g/mol. The van der Waals surface area contributed by atoms with Gasteiger partial charge in [0.05, 0.1) is 0 Å². The van der Waals surface area contributed by atoms with Crippen LogP contribution in [0.3, 0.4) is 0 Å². The Morgan fingerprint density at radius 1 is 0.926 bits per heavy atom. The first-order valence-electron chi connectivity index (χ1n) is 10.2. The Kier molecular flexibility index (Phi) is 6.54. The van der Waals surface area contributed by atoms with Gasteiger partial charge in [0.1, 0.15) is 11.5 Å². The minimum atomic E-state index is -0.151. The first-order valence-corrected chi connectivity index (χ1v) is 10.2. The molecule has 0 heterocycles. The number of phenolic OH excluding ortho intramolecular Hbond substituents is 1. The van der Waals surface area contributed by atoms with Crippen LogP contribution in [-0.4, -0.2) is 11.1 Å². The third kappa shape index (κ3) is 4.71. The Balaban J connectivity index is 1.78. The molecule has 3 heteroatoms. The largest absolute Gasteiger partial charge is 0.508 e. The van der Waals surface area contributed by atoms with Gasteiger partial charge in [-0.1, -0.05) is 63.3 Å². The highest BCUT2D eigenvalue weighted by Crippen LogP contribution is 2.45. The Morgan fingerprint density at radius 3 is 2.11 bits per heavy atom. The van der Waals surface area contributed by atoms with Crippen LogP contribution in [0.15, 0.2) is 48.5 Å². The summed E-state index contributed by atoms with van der Waals surface area (Å²) in [5.41, 5.74) is 2.50. The molecule has 0 spiro atoms. The van der Waals surface area contributed by atoms with E-state index in [0.717, 1.165) is 32.1 Å². The van der Waals surface area contributed by atoms with Gasteiger partial charge in [0.2, 0.25) is 0 Å². The molecule has 1 aliphatic rings. The minimum Gasteiger partial charge on any atom is -0.508 e. The summed E-state index contributed by atoms with van der Waals surface area (Å²) in [6.07, 6.45) is 9.41. The number of carbonyl (C=O) groups excluding carboxylic acids is 1. The van der Waals surface area contributed by atoms with E-state index in [2.05, 4.69) is 19.1 Å². The second-order valence-corrected chi connectivity index (χ2v) is 7.65. The molecule has 0 saturated heterocycles. The number of phenols is 1. The molecule has 3 nitrogen and oxygen atoms in total. The lowest BCUT2D eigenvalue weighted by Gasteiger charge is -2.38. The summed E-state index contributed by atoms with van der Waals surface area (Å²) in [5, 5.41) is 9.66. The second kappa shape index (κ2) is 9.07. The summed E-state index contributed by atoms with van der Waals surface area (Å²) in [6.45, 7) is 2.12. The van der Waals surface area contributed by atoms with E-state index in [1.165, 1.54) is 30.4 Å². The highest BCUT2D eigenvalue weighted by Gasteiger charge is 2.35. The quantitative estimate of drug-likeness (QED) is 0.364. The smallest absolute Gasteiger partial charge is 0.311 e. The molecule has 1 aliphatic carbocycles. The van der Waals surface area contributed by atoms with Gasteiger partial charge in [0, 0.05) is 11.8 Å². The first kappa shape index (κ1) is 19.5. The molecule has 2 aromatic carbocycles. The summed E-state index contributed by atoms with van der Waals surface area (Å²) < 4.78 is 5.49. The lowest BCUT2D eigenvalue weighted by molar-refractivity contribution is -0.134. The van der Waals surface area contributed by atoms with Gasteiger partial charge in [-0.25, -0.2) is 0 Å². The number of unbranched alkanes of at least 4 members (excludes halogenated alkanes) is 2. The number of hydrogen-bond donors (Lipinski definition) is 1. The summed E-state index contributed by atoms with van der Waals surface area (Å²) in [6, 6.07) is 15.7. The maximum Gasteiger partial charge on any atom is 0.311 e. The Bertz CT molecular complexity index is 725. The van der Waals surface area contributed by atoms with Crippen molar-refractivity contribution in [1.29, 1.82) is 0 Å². The number of aromatic hydroxyl groups is 1. The zero-order chi connectivity index (χ0) is 19.1. The van der Waals surface area contributed by atoms with Gasteiger partial charge in [-0.05, 0) is 54.7 Å². The number of esters is 1. The van der Waals surface area contributed by atoms with E-state index in [-0.39, 0.29) is 11.4 Å². The fourth-order valence-corrected chi connectivity index (χ4v) is 4.22. The molecule has 0 unspecified atom stereocenters. The SMILES string of the molecule is CCCCCC(=O)Oc1ccc(C2(c3ccc(O)cc3)CCCCC2)cc1. The van der Waals surface area contributed by atoms with Crippen LogP contribution >= 0.6 is 0 Å². The lowest BCUT2D eigenvalue weighted by atomic mass is 9.65. The monoisotopic (exact) mass is 366 g/mol. The van der Waals surface area contributed by atoms with Crippen molar-refractivity contribution in [1.82, 2.24) is 0 Å². The maximum atomic E-state index is 11.9. The van der Waals surface area contributed by atoms with Crippen molar-refractivity contribution in [3.8, 4) is 11.5 Å². The number of rotatable bonds is 7. The fraction of sp³-hybridized carbons (Fsp3) is 0.458. The maximum absolute atomic E-state index is 11.9. The Hall–Kier alpha value is -2.29. The molecule has 0 radical (unpaired) electrons. The van der Waals surface area contributed by atoms with Gasteiger partial charge >= 0.3 is 5.97 Å². The summed E-state index contributed by atoms with van der Waals surface area (Å²) in [7, 11) is 0. The molecular weight excluding hydrogens is 336 g/mol. The Morgan fingerprint density at radius 2 is 1.52 bits per heavy atom. The van der Waals surface area contributed by atoms with Gasteiger partial charge in [0.15, 0.2) is 0 Å². The van der Waals surface area contributed by atoms with Crippen molar-refractivity contribution < 1.29 is 14.6 Å². The summed E-state index contributed by atoms with van der Waals surface area (Å²) in [4.78, 5) is 11.9. The standard InChI is InChI=1S/C24H30O3/c1-2-3-5-8-23(26)27-22-15-11-20(12-16-22)24(17-6-4-7-18-24)19-9-13-21(25)14-10-19/h9-16,25H,2-8,17-18H2,1H3. The van der Waals surface area contributed by atoms with Gasteiger partial charge < -0.3 is 9.84 Å². The van der Waals surface area contributed by atoms with E-state index in [1.54, 1.807) is 12.1 Å². The molecule has 27 heavy (non-hydrogen) atoms. The number of carbonyl (C=O) groups is 1. The molecule has 3 rings (SSSR count). The third-order valence-electron chi connectivity index (χ3n) is 5.75. The zero-order valence-electron chi connectivity index (χ0n) is 16.2. The summed E-state index contributed by atoms with van der Waals surface area (Å²) in [5.74, 6) is 0.772. The predicted octanol–water partition coefficient (Wildman–Crippen LogP) is 6.13. The van der Waals surface area contributed by atoms with Gasteiger partial charge in [-0.2, -0.15) is 0 Å². The normalized spacial score (nSPS) is 16.0. The number of ether oxygens (including phenoxy) is 1. The highest BCUT2D eigenvalue weighted by molar-refractivity contribution is 5.72. The van der Waals surface area contributed by atoms with Crippen LogP contribution in [0.1, 0.15) is 75.8 Å². The molecule has 1 saturated carbocycles. The van der Waals surface area contributed by atoms with Crippen LogP contribution in [0, 0.1) is 0 Å². The van der Waals surface area contributed by atoms with Crippen molar-refractivity contribution >= 4 is 5.97 Å². The topological polar surface area (TPSA) is 46.5 Å². The third-order valence-corrected chi connectivity index (χ3v) is 5.75. The minimum absolute atomic E-state index is 0.0182. The van der Waals surface area contributed by atoms with Gasteiger partial charge in [0.25, 0.3) is 0 Å². The first-order chi connectivity index (χ1) is 13.1. The van der Waals surface area contributed by atoms with Gasteiger partial charge in [-0.3, -0.25) is 4.79 Å². The zero-order valence-corrected chi connectivity index (χ0v) is 16.2. The van der Waals surface area contributed by atoms with E-state index in [9.17, 15) is 9.90 Å². The van der Waals surface area contributed by atoms with Crippen LogP contribution in [0.25, 0.3) is 0 Å². The number of benzene rings is 2. The molecule has 1 N–H and O–H groups in total. The molecule has 1 fully saturated rings.